The average molecular weight is 350 g/mol. The number of nitrogens with one attached hydrogen (secondary N) is 1. The van der Waals surface area contributed by atoms with Crippen molar-refractivity contribution in [1.82, 2.24) is 10.2 Å². The lowest BCUT2D eigenvalue weighted by Gasteiger charge is -2.33. The summed E-state index contributed by atoms with van der Waals surface area (Å²) in [6, 6.07) is 7.20. The van der Waals surface area contributed by atoms with Crippen molar-refractivity contribution < 1.29 is 9.59 Å². The van der Waals surface area contributed by atoms with E-state index in [4.69, 9.17) is 11.6 Å². The zero-order valence-electron chi connectivity index (χ0n) is 14.0. The van der Waals surface area contributed by atoms with Gasteiger partial charge in [0.15, 0.2) is 0 Å². The number of piperidine rings is 1. The molecule has 2 fully saturated rings. The van der Waals surface area contributed by atoms with Crippen molar-refractivity contribution in [3.8, 4) is 0 Å². The Bertz CT molecular complexity index is 597. The summed E-state index contributed by atoms with van der Waals surface area (Å²) < 4.78 is 0. The van der Waals surface area contributed by atoms with E-state index in [0.717, 1.165) is 38.2 Å². The minimum absolute atomic E-state index is 0.0146. The van der Waals surface area contributed by atoms with Crippen LogP contribution >= 0.6 is 11.6 Å². The number of amides is 2. The molecular weight excluding hydrogens is 326 g/mol. The molecule has 1 aromatic rings. The third-order valence-corrected chi connectivity index (χ3v) is 5.28. The third kappa shape index (κ3) is 3.73. The lowest BCUT2D eigenvalue weighted by Crippen LogP contribution is -2.43. The van der Waals surface area contributed by atoms with E-state index in [-0.39, 0.29) is 17.7 Å². The van der Waals surface area contributed by atoms with Gasteiger partial charge in [-0.25, -0.2) is 0 Å². The molecule has 0 spiro atoms. The van der Waals surface area contributed by atoms with Gasteiger partial charge in [0.1, 0.15) is 0 Å². The Morgan fingerprint density at radius 3 is 2.54 bits per heavy atom. The van der Waals surface area contributed by atoms with Gasteiger partial charge in [0.05, 0.1) is 5.92 Å². The van der Waals surface area contributed by atoms with Crippen molar-refractivity contribution in [2.24, 2.45) is 11.8 Å². The molecule has 1 unspecified atom stereocenters. The highest BCUT2D eigenvalue weighted by atomic mass is 35.5. The van der Waals surface area contributed by atoms with E-state index in [1.165, 1.54) is 0 Å². The quantitative estimate of drug-likeness (QED) is 0.906. The van der Waals surface area contributed by atoms with E-state index in [9.17, 15) is 9.59 Å². The molecule has 6 heteroatoms. The van der Waals surface area contributed by atoms with Crippen LogP contribution in [-0.2, 0) is 9.59 Å². The van der Waals surface area contributed by atoms with Crippen LogP contribution in [0.4, 0.5) is 5.69 Å². The third-order valence-electron chi connectivity index (χ3n) is 5.03. The molecule has 24 heavy (non-hydrogen) atoms. The number of halogens is 1. The molecule has 2 amide bonds. The molecule has 0 radical (unpaired) electrons. The molecule has 0 aliphatic carbocycles. The summed E-state index contributed by atoms with van der Waals surface area (Å²) in [6.45, 7) is 3.08. The van der Waals surface area contributed by atoms with E-state index in [1.54, 1.807) is 17.0 Å². The number of carbonyl (C=O) groups excluding carboxylic acids is 2. The fourth-order valence-corrected chi connectivity index (χ4v) is 3.77. The molecule has 1 N–H and O–H groups in total. The van der Waals surface area contributed by atoms with E-state index < -0.39 is 0 Å². The van der Waals surface area contributed by atoms with Crippen molar-refractivity contribution in [3.63, 3.8) is 0 Å². The van der Waals surface area contributed by atoms with Crippen LogP contribution in [-0.4, -0.2) is 49.9 Å². The maximum atomic E-state index is 12.8. The second kappa shape index (κ2) is 7.53. The molecule has 130 valence electrons. The fraction of sp³-hybridized carbons (Fsp3) is 0.556. The van der Waals surface area contributed by atoms with Gasteiger partial charge in [-0.1, -0.05) is 11.6 Å². The maximum Gasteiger partial charge on any atom is 0.228 e. The Morgan fingerprint density at radius 2 is 1.92 bits per heavy atom. The molecule has 0 saturated carbocycles. The second-order valence-corrected chi connectivity index (χ2v) is 7.14. The lowest BCUT2D eigenvalue weighted by molar-refractivity contribution is -0.137. The van der Waals surface area contributed by atoms with Gasteiger partial charge in [0, 0.05) is 36.8 Å². The Balaban J connectivity index is 1.59. The first-order valence-corrected chi connectivity index (χ1v) is 8.95. The summed E-state index contributed by atoms with van der Waals surface area (Å²) in [6.07, 6.45) is 2.38. The SMILES string of the molecule is CNCC1CCN(C(=O)C2CC(=O)N(c3ccc(Cl)cc3)C2)CC1. The van der Waals surface area contributed by atoms with Crippen molar-refractivity contribution >= 4 is 29.1 Å². The first-order valence-electron chi connectivity index (χ1n) is 8.58. The van der Waals surface area contributed by atoms with Crippen LogP contribution in [0.3, 0.4) is 0 Å². The van der Waals surface area contributed by atoms with Crippen molar-refractivity contribution in [2.75, 3.05) is 38.1 Å². The van der Waals surface area contributed by atoms with Gasteiger partial charge >= 0.3 is 0 Å². The Labute approximate surface area is 147 Å². The molecule has 2 aliphatic heterocycles. The summed E-state index contributed by atoms with van der Waals surface area (Å²) >= 11 is 5.90. The average Bonchev–Trinajstić information content (AvgIpc) is 2.98. The Morgan fingerprint density at radius 1 is 1.25 bits per heavy atom. The topological polar surface area (TPSA) is 52.7 Å². The molecule has 5 nitrogen and oxygen atoms in total. The van der Waals surface area contributed by atoms with Crippen LogP contribution in [0.2, 0.25) is 5.02 Å². The molecule has 3 rings (SSSR count). The number of benzene rings is 1. The van der Waals surface area contributed by atoms with Crippen LogP contribution in [0.5, 0.6) is 0 Å². The van der Waals surface area contributed by atoms with E-state index in [0.29, 0.717) is 23.9 Å². The zero-order valence-corrected chi connectivity index (χ0v) is 14.8. The van der Waals surface area contributed by atoms with E-state index >= 15 is 0 Å². The Hall–Kier alpha value is -1.59. The molecular formula is C18H24ClN3O2. The van der Waals surface area contributed by atoms with Gasteiger partial charge in [-0.2, -0.15) is 0 Å². The minimum atomic E-state index is -0.228. The van der Waals surface area contributed by atoms with Gasteiger partial charge in [0.2, 0.25) is 11.8 Å². The molecule has 2 heterocycles. The predicted octanol–water partition coefficient (Wildman–Crippen LogP) is 2.15. The number of rotatable bonds is 4. The van der Waals surface area contributed by atoms with Gasteiger partial charge in [-0.05, 0) is 56.6 Å². The molecule has 2 saturated heterocycles. The molecule has 0 aromatic heterocycles. The van der Waals surface area contributed by atoms with Crippen molar-refractivity contribution in [2.45, 2.75) is 19.3 Å². The first kappa shape index (κ1) is 17.2. The highest BCUT2D eigenvalue weighted by molar-refractivity contribution is 6.30. The van der Waals surface area contributed by atoms with Crippen LogP contribution in [0.25, 0.3) is 0 Å². The molecule has 1 atom stereocenters. The monoisotopic (exact) mass is 349 g/mol. The van der Waals surface area contributed by atoms with Crippen LogP contribution in [0.1, 0.15) is 19.3 Å². The molecule has 2 aliphatic rings. The van der Waals surface area contributed by atoms with Crippen molar-refractivity contribution in [3.05, 3.63) is 29.3 Å². The summed E-state index contributed by atoms with van der Waals surface area (Å²) in [5.41, 5.74) is 0.812. The molecule has 0 bridgehead atoms. The standard InChI is InChI=1S/C18H24ClN3O2/c1-20-11-13-6-8-21(9-7-13)18(24)14-10-17(23)22(12-14)16-4-2-15(19)3-5-16/h2-5,13-14,20H,6-12H2,1H3. The van der Waals surface area contributed by atoms with Gasteiger partial charge in [-0.15, -0.1) is 0 Å². The summed E-state index contributed by atoms with van der Waals surface area (Å²) in [4.78, 5) is 28.7. The van der Waals surface area contributed by atoms with Crippen molar-refractivity contribution in [1.29, 1.82) is 0 Å². The predicted molar refractivity (Wildman–Crippen MR) is 95.1 cm³/mol. The van der Waals surface area contributed by atoms with Gasteiger partial charge < -0.3 is 15.1 Å². The van der Waals surface area contributed by atoms with E-state index in [1.807, 2.05) is 24.1 Å². The normalized spacial score (nSPS) is 22.2. The van der Waals surface area contributed by atoms with E-state index in [2.05, 4.69) is 5.32 Å². The number of nitrogens with zero attached hydrogens (tertiary/aromatic N) is 2. The maximum absolute atomic E-state index is 12.8. The fourth-order valence-electron chi connectivity index (χ4n) is 3.65. The lowest BCUT2D eigenvalue weighted by atomic mass is 9.95. The Kier molecular flexibility index (Phi) is 5.41. The summed E-state index contributed by atoms with van der Waals surface area (Å²) in [5.74, 6) is 0.562. The number of anilines is 1. The minimum Gasteiger partial charge on any atom is -0.342 e. The smallest absolute Gasteiger partial charge is 0.228 e. The highest BCUT2D eigenvalue weighted by Crippen LogP contribution is 2.28. The first-order chi connectivity index (χ1) is 11.6. The molecule has 1 aromatic carbocycles. The van der Waals surface area contributed by atoms with Crippen LogP contribution < -0.4 is 10.2 Å². The van der Waals surface area contributed by atoms with Gasteiger partial charge in [-0.3, -0.25) is 9.59 Å². The van der Waals surface area contributed by atoms with Crippen LogP contribution in [0, 0.1) is 11.8 Å². The number of likely N-dealkylation sites (tertiary alicyclic amines) is 1. The summed E-state index contributed by atoms with van der Waals surface area (Å²) in [7, 11) is 1.97. The second-order valence-electron chi connectivity index (χ2n) is 6.71. The number of hydrogen-bond acceptors (Lipinski definition) is 3. The summed E-state index contributed by atoms with van der Waals surface area (Å²) in [5, 5.41) is 3.85. The number of hydrogen-bond donors (Lipinski definition) is 1. The largest absolute Gasteiger partial charge is 0.342 e. The highest BCUT2D eigenvalue weighted by Gasteiger charge is 2.37. The van der Waals surface area contributed by atoms with Gasteiger partial charge in [0.25, 0.3) is 0 Å². The zero-order chi connectivity index (χ0) is 17.1. The number of carbonyl (C=O) groups is 2. The van der Waals surface area contributed by atoms with Crippen LogP contribution in [0.15, 0.2) is 24.3 Å².